The van der Waals surface area contributed by atoms with Crippen LogP contribution in [0.1, 0.15) is 21.7 Å². The predicted octanol–water partition coefficient (Wildman–Crippen LogP) is 1.15. The summed E-state index contributed by atoms with van der Waals surface area (Å²) in [5, 5.41) is 15.6. The van der Waals surface area contributed by atoms with E-state index in [4.69, 9.17) is 5.11 Å². The molecule has 6 nitrogen and oxygen atoms in total. The number of fused-ring (bicyclic) bond motifs is 1. The minimum atomic E-state index is -4.81. The molecule has 9 heteroatoms. The monoisotopic (exact) mass is 246 g/mol. The molecule has 0 aromatic carbocycles. The lowest BCUT2D eigenvalue weighted by Gasteiger charge is -2.09. The van der Waals surface area contributed by atoms with Gasteiger partial charge in [0, 0.05) is 6.20 Å². The van der Waals surface area contributed by atoms with Gasteiger partial charge in [-0.15, -0.1) is 5.10 Å². The lowest BCUT2D eigenvalue weighted by molar-refractivity contribution is -0.138. The summed E-state index contributed by atoms with van der Waals surface area (Å²) in [4.78, 5) is 14.4. The second-order valence-electron chi connectivity index (χ2n) is 3.23. The number of aryl methyl sites for hydroxylation is 1. The lowest BCUT2D eigenvalue weighted by Crippen LogP contribution is -2.18. The summed E-state index contributed by atoms with van der Waals surface area (Å²) >= 11 is 0. The highest BCUT2D eigenvalue weighted by Crippen LogP contribution is 2.31. The molecular formula is C8H5F3N4O2. The Morgan fingerprint density at radius 3 is 2.65 bits per heavy atom. The number of aromatic carboxylic acids is 1. The van der Waals surface area contributed by atoms with Gasteiger partial charge in [0.25, 0.3) is 0 Å². The number of carboxylic acids is 1. The minimum Gasteiger partial charge on any atom is -0.476 e. The quantitative estimate of drug-likeness (QED) is 0.816. The van der Waals surface area contributed by atoms with E-state index in [1.54, 1.807) is 0 Å². The summed E-state index contributed by atoms with van der Waals surface area (Å²) in [6.07, 6.45) is -4.34. The van der Waals surface area contributed by atoms with E-state index in [0.29, 0.717) is 10.7 Å². The van der Waals surface area contributed by atoms with E-state index >= 15 is 0 Å². The van der Waals surface area contributed by atoms with Gasteiger partial charge in [-0.3, -0.25) is 0 Å². The van der Waals surface area contributed by atoms with Crippen LogP contribution in [0.4, 0.5) is 13.2 Å². The van der Waals surface area contributed by atoms with Crippen LogP contribution in [-0.4, -0.2) is 30.9 Å². The number of aromatic nitrogens is 4. The zero-order chi connectivity index (χ0) is 12.8. The van der Waals surface area contributed by atoms with Crippen molar-refractivity contribution in [2.75, 3.05) is 0 Å². The average Bonchev–Trinajstić information content (AvgIpc) is 2.57. The summed E-state index contributed by atoms with van der Waals surface area (Å²) < 4.78 is 38.3. The molecule has 0 bridgehead atoms. The minimum absolute atomic E-state index is 0.0181. The van der Waals surface area contributed by atoms with Gasteiger partial charge in [0.1, 0.15) is 11.3 Å². The smallest absolute Gasteiger partial charge is 0.420 e. The SMILES string of the molecule is Cc1nnn2c(C(=O)O)c(C(F)(F)F)cnc12. The molecule has 2 aromatic rings. The lowest BCUT2D eigenvalue weighted by atomic mass is 10.2. The summed E-state index contributed by atoms with van der Waals surface area (Å²) in [5.41, 5.74) is -2.12. The molecule has 0 aliphatic heterocycles. The van der Waals surface area contributed by atoms with E-state index in [-0.39, 0.29) is 11.3 Å². The maximum absolute atomic E-state index is 12.6. The highest BCUT2D eigenvalue weighted by molar-refractivity contribution is 5.88. The number of hydrogen-bond donors (Lipinski definition) is 1. The van der Waals surface area contributed by atoms with E-state index in [2.05, 4.69) is 15.3 Å². The molecule has 2 rings (SSSR count). The third-order valence-corrected chi connectivity index (χ3v) is 2.10. The standard InChI is InChI=1S/C8H5F3N4O2/c1-3-6-12-2-4(8(9,10)11)5(7(16)17)15(6)14-13-3/h2H,1H3,(H,16,17). The van der Waals surface area contributed by atoms with Gasteiger partial charge in [0.05, 0.1) is 0 Å². The van der Waals surface area contributed by atoms with Crippen LogP contribution in [0, 0.1) is 6.92 Å². The van der Waals surface area contributed by atoms with Gasteiger partial charge < -0.3 is 5.11 Å². The van der Waals surface area contributed by atoms with Crippen LogP contribution in [-0.2, 0) is 6.18 Å². The first kappa shape index (κ1) is 11.3. The Morgan fingerprint density at radius 2 is 2.12 bits per heavy atom. The van der Waals surface area contributed by atoms with Gasteiger partial charge in [-0.05, 0) is 6.92 Å². The van der Waals surface area contributed by atoms with Crippen LogP contribution >= 0.6 is 0 Å². The van der Waals surface area contributed by atoms with Crippen molar-refractivity contribution < 1.29 is 23.1 Å². The van der Waals surface area contributed by atoms with Crippen LogP contribution in [0.5, 0.6) is 0 Å². The van der Waals surface area contributed by atoms with Crippen molar-refractivity contribution in [2.45, 2.75) is 13.1 Å². The maximum atomic E-state index is 12.6. The van der Waals surface area contributed by atoms with Gasteiger partial charge in [0.15, 0.2) is 11.3 Å². The fourth-order valence-electron chi connectivity index (χ4n) is 1.37. The normalized spacial score (nSPS) is 12.0. The first-order chi connectivity index (χ1) is 7.82. The Bertz CT molecular complexity index is 605. The number of hydrogen-bond acceptors (Lipinski definition) is 4. The Hall–Kier alpha value is -2.19. The second kappa shape index (κ2) is 3.40. The molecule has 0 unspecified atom stereocenters. The zero-order valence-corrected chi connectivity index (χ0v) is 8.36. The van der Waals surface area contributed by atoms with Gasteiger partial charge >= 0.3 is 12.1 Å². The maximum Gasteiger partial charge on any atom is 0.420 e. The largest absolute Gasteiger partial charge is 0.476 e. The van der Waals surface area contributed by atoms with Crippen molar-refractivity contribution >= 4 is 11.6 Å². The number of alkyl halides is 3. The van der Waals surface area contributed by atoms with Crippen molar-refractivity contribution in [1.82, 2.24) is 19.8 Å². The molecule has 2 aromatic heterocycles. The number of carboxylic acid groups (broad SMARTS) is 1. The Labute approximate surface area is 91.7 Å². The molecule has 0 aliphatic carbocycles. The third kappa shape index (κ3) is 1.69. The summed E-state index contributed by atoms with van der Waals surface area (Å²) in [7, 11) is 0. The molecule has 0 radical (unpaired) electrons. The van der Waals surface area contributed by atoms with Crippen LogP contribution in [0.25, 0.3) is 5.65 Å². The molecule has 0 saturated carbocycles. The fourth-order valence-corrected chi connectivity index (χ4v) is 1.37. The van der Waals surface area contributed by atoms with Gasteiger partial charge in [-0.1, -0.05) is 5.21 Å². The number of nitrogens with zero attached hydrogens (tertiary/aromatic N) is 4. The van der Waals surface area contributed by atoms with Gasteiger partial charge in [0.2, 0.25) is 0 Å². The number of carbonyl (C=O) groups is 1. The highest BCUT2D eigenvalue weighted by atomic mass is 19.4. The molecule has 2 heterocycles. The number of halogens is 3. The van der Waals surface area contributed by atoms with Crippen LogP contribution in [0.2, 0.25) is 0 Å². The Kier molecular flexibility index (Phi) is 2.26. The third-order valence-electron chi connectivity index (χ3n) is 2.10. The summed E-state index contributed by atoms with van der Waals surface area (Å²) in [5.74, 6) is -1.74. The van der Waals surface area contributed by atoms with Crippen molar-refractivity contribution in [3.8, 4) is 0 Å². The summed E-state index contributed by atoms with van der Waals surface area (Å²) in [6.45, 7) is 1.47. The van der Waals surface area contributed by atoms with E-state index in [1.165, 1.54) is 6.92 Å². The van der Waals surface area contributed by atoms with Crippen molar-refractivity contribution in [3.05, 3.63) is 23.1 Å². The first-order valence-corrected chi connectivity index (χ1v) is 4.34. The van der Waals surface area contributed by atoms with Crippen LogP contribution in [0.15, 0.2) is 6.20 Å². The Morgan fingerprint density at radius 1 is 1.47 bits per heavy atom. The van der Waals surface area contributed by atoms with E-state index < -0.39 is 23.4 Å². The molecule has 0 spiro atoms. The van der Waals surface area contributed by atoms with Crippen LogP contribution in [0.3, 0.4) is 0 Å². The fraction of sp³-hybridized carbons (Fsp3) is 0.250. The molecule has 0 fully saturated rings. The van der Waals surface area contributed by atoms with Gasteiger partial charge in [-0.2, -0.15) is 17.7 Å². The van der Waals surface area contributed by atoms with E-state index in [1.807, 2.05) is 0 Å². The molecule has 0 saturated heterocycles. The molecule has 17 heavy (non-hydrogen) atoms. The topological polar surface area (TPSA) is 80.4 Å². The van der Waals surface area contributed by atoms with Crippen molar-refractivity contribution in [3.63, 3.8) is 0 Å². The average molecular weight is 246 g/mol. The Balaban J connectivity index is 2.87. The molecule has 0 atom stereocenters. The van der Waals surface area contributed by atoms with E-state index in [0.717, 1.165) is 0 Å². The van der Waals surface area contributed by atoms with Gasteiger partial charge in [-0.25, -0.2) is 9.78 Å². The highest BCUT2D eigenvalue weighted by Gasteiger charge is 2.38. The second-order valence-corrected chi connectivity index (χ2v) is 3.23. The predicted molar refractivity (Wildman–Crippen MR) is 47.5 cm³/mol. The molecule has 0 amide bonds. The molecule has 90 valence electrons. The van der Waals surface area contributed by atoms with Crippen molar-refractivity contribution in [2.24, 2.45) is 0 Å². The van der Waals surface area contributed by atoms with E-state index in [9.17, 15) is 18.0 Å². The first-order valence-electron chi connectivity index (χ1n) is 4.34. The molecular weight excluding hydrogens is 241 g/mol. The van der Waals surface area contributed by atoms with Crippen molar-refractivity contribution in [1.29, 1.82) is 0 Å². The zero-order valence-electron chi connectivity index (χ0n) is 8.36. The summed E-state index contributed by atoms with van der Waals surface area (Å²) in [6, 6.07) is 0. The molecule has 1 N–H and O–H groups in total. The molecule has 0 aliphatic rings. The number of rotatable bonds is 1. The van der Waals surface area contributed by atoms with Crippen LogP contribution < -0.4 is 0 Å².